The van der Waals surface area contributed by atoms with Crippen molar-refractivity contribution in [3.8, 4) is 0 Å². The second kappa shape index (κ2) is 8.77. The number of rotatable bonds is 6. The molecule has 0 radical (unpaired) electrons. The van der Waals surface area contributed by atoms with Crippen LogP contribution in [0.3, 0.4) is 0 Å². The summed E-state index contributed by atoms with van der Waals surface area (Å²) >= 11 is 1.37. The Labute approximate surface area is 181 Å². The highest BCUT2D eigenvalue weighted by Crippen LogP contribution is 2.38. The van der Waals surface area contributed by atoms with Crippen LogP contribution in [0.15, 0.2) is 18.2 Å². The van der Waals surface area contributed by atoms with Crippen molar-refractivity contribution in [3.63, 3.8) is 0 Å². The van der Waals surface area contributed by atoms with E-state index in [9.17, 15) is 18.0 Å². The molecular formula is C21H26N2O5S2. The van der Waals surface area contributed by atoms with E-state index in [1.54, 1.807) is 12.1 Å². The van der Waals surface area contributed by atoms with Gasteiger partial charge in [0.2, 0.25) is 15.9 Å². The molecule has 1 amide bonds. The Kier molecular flexibility index (Phi) is 6.52. The van der Waals surface area contributed by atoms with E-state index >= 15 is 0 Å². The van der Waals surface area contributed by atoms with Crippen LogP contribution in [0.5, 0.6) is 0 Å². The van der Waals surface area contributed by atoms with Gasteiger partial charge in [0.1, 0.15) is 11.5 Å². The fourth-order valence-electron chi connectivity index (χ4n) is 3.76. The summed E-state index contributed by atoms with van der Waals surface area (Å²) in [5, 5.41) is 3.18. The van der Waals surface area contributed by atoms with Crippen LogP contribution in [0.2, 0.25) is 0 Å². The van der Waals surface area contributed by atoms with Gasteiger partial charge in [0.25, 0.3) is 0 Å². The SMILES string of the molecule is COC(=O)c1c(NC(=O)CN(c2cc(C)cc(C)c2)S(C)(=O)=O)sc2c1CCCC2. The Hall–Kier alpha value is -2.39. The van der Waals surface area contributed by atoms with E-state index in [1.165, 1.54) is 18.4 Å². The molecule has 9 heteroatoms. The second-order valence-corrected chi connectivity index (χ2v) is 10.6. The molecule has 1 heterocycles. The van der Waals surface area contributed by atoms with E-state index in [4.69, 9.17) is 4.74 Å². The smallest absolute Gasteiger partial charge is 0.341 e. The van der Waals surface area contributed by atoms with E-state index in [0.29, 0.717) is 16.3 Å². The molecule has 0 saturated heterocycles. The number of sulfonamides is 1. The molecule has 1 aromatic carbocycles. The van der Waals surface area contributed by atoms with Crippen LogP contribution in [-0.4, -0.2) is 40.2 Å². The number of benzene rings is 1. The highest BCUT2D eigenvalue weighted by Gasteiger charge is 2.28. The van der Waals surface area contributed by atoms with Crippen molar-refractivity contribution >= 4 is 43.9 Å². The van der Waals surface area contributed by atoms with Gasteiger partial charge in [0.15, 0.2) is 0 Å². The molecular weight excluding hydrogens is 424 g/mol. The summed E-state index contributed by atoms with van der Waals surface area (Å²) in [5.41, 5.74) is 3.56. The van der Waals surface area contributed by atoms with E-state index in [0.717, 1.165) is 57.8 Å². The van der Waals surface area contributed by atoms with E-state index in [-0.39, 0.29) is 6.54 Å². The van der Waals surface area contributed by atoms with Crippen LogP contribution in [-0.2, 0) is 32.4 Å². The minimum Gasteiger partial charge on any atom is -0.465 e. The fourth-order valence-corrected chi connectivity index (χ4v) is 5.90. The van der Waals surface area contributed by atoms with Gasteiger partial charge in [0.05, 0.1) is 24.6 Å². The van der Waals surface area contributed by atoms with Gasteiger partial charge < -0.3 is 10.1 Å². The van der Waals surface area contributed by atoms with Gasteiger partial charge in [-0.15, -0.1) is 11.3 Å². The lowest BCUT2D eigenvalue weighted by molar-refractivity contribution is -0.114. The molecule has 1 aromatic heterocycles. The van der Waals surface area contributed by atoms with Crippen LogP contribution < -0.4 is 9.62 Å². The number of ether oxygens (including phenoxy) is 1. The average Bonchev–Trinajstić information content (AvgIpc) is 3.01. The molecule has 0 bridgehead atoms. The number of esters is 1. The normalized spacial score (nSPS) is 13.5. The summed E-state index contributed by atoms with van der Waals surface area (Å²) < 4.78 is 30.8. The fraction of sp³-hybridized carbons (Fsp3) is 0.429. The monoisotopic (exact) mass is 450 g/mol. The molecule has 0 fully saturated rings. The summed E-state index contributed by atoms with van der Waals surface area (Å²) in [4.78, 5) is 26.3. The number of carbonyl (C=O) groups is 2. The van der Waals surface area contributed by atoms with Crippen molar-refractivity contribution in [1.82, 2.24) is 0 Å². The molecule has 1 aliphatic rings. The van der Waals surface area contributed by atoms with Crippen molar-refractivity contribution in [2.45, 2.75) is 39.5 Å². The van der Waals surface area contributed by atoms with Gasteiger partial charge in [-0.3, -0.25) is 9.10 Å². The zero-order chi connectivity index (χ0) is 22.1. The van der Waals surface area contributed by atoms with Crippen LogP contribution in [0.25, 0.3) is 0 Å². The van der Waals surface area contributed by atoms with Crippen LogP contribution in [0, 0.1) is 13.8 Å². The molecule has 0 atom stereocenters. The Bertz CT molecular complexity index is 1070. The quantitative estimate of drug-likeness (QED) is 0.681. The van der Waals surface area contributed by atoms with Gasteiger partial charge in [-0.25, -0.2) is 13.2 Å². The standard InChI is InChI=1S/C21H26N2O5S2/c1-13-9-14(2)11-15(10-13)23(30(4,26)27)12-18(24)22-20-19(21(25)28-3)16-7-5-6-8-17(16)29-20/h9-11H,5-8,12H2,1-4H3,(H,22,24). The lowest BCUT2D eigenvalue weighted by Crippen LogP contribution is -2.37. The highest BCUT2D eigenvalue weighted by molar-refractivity contribution is 7.92. The topological polar surface area (TPSA) is 92.8 Å². The Balaban J connectivity index is 1.90. The van der Waals surface area contributed by atoms with Crippen molar-refractivity contribution in [2.24, 2.45) is 0 Å². The number of carbonyl (C=O) groups excluding carboxylic acids is 2. The maximum Gasteiger partial charge on any atom is 0.341 e. The first-order chi connectivity index (χ1) is 14.1. The van der Waals surface area contributed by atoms with Crippen molar-refractivity contribution in [3.05, 3.63) is 45.3 Å². The number of fused-ring (bicyclic) bond motifs is 1. The van der Waals surface area contributed by atoms with Crippen molar-refractivity contribution in [1.29, 1.82) is 0 Å². The lowest BCUT2D eigenvalue weighted by Gasteiger charge is -2.22. The first-order valence-corrected chi connectivity index (χ1v) is 12.4. The Morgan fingerprint density at radius 2 is 1.77 bits per heavy atom. The van der Waals surface area contributed by atoms with Crippen molar-refractivity contribution < 1.29 is 22.7 Å². The van der Waals surface area contributed by atoms with Gasteiger partial charge in [-0.2, -0.15) is 0 Å². The molecule has 0 unspecified atom stereocenters. The van der Waals surface area contributed by atoms with E-state index < -0.39 is 21.9 Å². The molecule has 1 N–H and O–H groups in total. The van der Waals surface area contributed by atoms with Crippen LogP contribution in [0.1, 0.15) is 44.8 Å². The summed E-state index contributed by atoms with van der Waals surface area (Å²) in [7, 11) is -2.38. The van der Waals surface area contributed by atoms with Crippen LogP contribution >= 0.6 is 11.3 Å². The third-order valence-corrected chi connectivity index (χ3v) is 7.34. The molecule has 162 valence electrons. The second-order valence-electron chi connectivity index (χ2n) is 7.57. The highest BCUT2D eigenvalue weighted by atomic mass is 32.2. The maximum atomic E-state index is 12.8. The van der Waals surface area contributed by atoms with Gasteiger partial charge in [-0.05, 0) is 68.4 Å². The molecule has 1 aliphatic carbocycles. The van der Waals surface area contributed by atoms with Crippen LogP contribution in [0.4, 0.5) is 10.7 Å². The van der Waals surface area contributed by atoms with E-state index in [2.05, 4.69) is 5.32 Å². The predicted molar refractivity (Wildman–Crippen MR) is 119 cm³/mol. The number of methoxy groups -OCH3 is 1. The number of nitrogens with one attached hydrogen (secondary N) is 1. The molecule has 0 saturated carbocycles. The summed E-state index contributed by atoms with van der Waals surface area (Å²) in [6.07, 6.45) is 4.72. The van der Waals surface area contributed by atoms with Gasteiger partial charge >= 0.3 is 5.97 Å². The maximum absolute atomic E-state index is 12.8. The minimum atomic E-state index is -3.69. The molecule has 7 nitrogen and oxygen atoms in total. The first-order valence-electron chi connectivity index (χ1n) is 9.69. The molecule has 2 aromatic rings. The number of nitrogens with zero attached hydrogens (tertiary/aromatic N) is 1. The zero-order valence-corrected chi connectivity index (χ0v) is 19.2. The molecule has 0 aliphatic heterocycles. The van der Waals surface area contributed by atoms with Gasteiger partial charge in [-0.1, -0.05) is 6.07 Å². The number of anilines is 2. The summed E-state index contributed by atoms with van der Waals surface area (Å²) in [6, 6.07) is 5.39. The number of hydrogen-bond donors (Lipinski definition) is 1. The number of aryl methyl sites for hydroxylation is 3. The van der Waals surface area contributed by atoms with E-state index in [1.807, 2.05) is 19.9 Å². The van der Waals surface area contributed by atoms with Crippen molar-refractivity contribution in [2.75, 3.05) is 29.5 Å². The Morgan fingerprint density at radius 3 is 2.37 bits per heavy atom. The first kappa shape index (κ1) is 22.3. The number of thiophene rings is 1. The predicted octanol–water partition coefficient (Wildman–Crippen LogP) is 3.44. The minimum absolute atomic E-state index is 0.384. The third kappa shape index (κ3) is 4.84. The molecule has 30 heavy (non-hydrogen) atoms. The zero-order valence-electron chi connectivity index (χ0n) is 17.6. The average molecular weight is 451 g/mol. The summed E-state index contributed by atoms with van der Waals surface area (Å²) in [5.74, 6) is -0.998. The number of hydrogen-bond acceptors (Lipinski definition) is 6. The number of amides is 1. The Morgan fingerprint density at radius 1 is 1.13 bits per heavy atom. The van der Waals surface area contributed by atoms with Gasteiger partial charge in [0, 0.05) is 4.88 Å². The molecule has 0 spiro atoms. The largest absolute Gasteiger partial charge is 0.465 e. The third-order valence-electron chi connectivity index (χ3n) is 5.00. The molecule has 3 rings (SSSR count). The lowest BCUT2D eigenvalue weighted by atomic mass is 9.95. The summed E-state index contributed by atoms with van der Waals surface area (Å²) in [6.45, 7) is 3.36.